The number of benzene rings is 2. The van der Waals surface area contributed by atoms with E-state index in [-0.39, 0.29) is 16.8 Å². The topological polar surface area (TPSA) is 91.1 Å². The molecular formula is C32H39BClFN8. The summed E-state index contributed by atoms with van der Waals surface area (Å²) in [6.07, 6.45) is 4.47. The summed E-state index contributed by atoms with van der Waals surface area (Å²) in [6, 6.07) is 12.5. The number of halogens is 2. The first-order valence-corrected chi connectivity index (χ1v) is 14.9. The highest BCUT2D eigenvalue weighted by Gasteiger charge is 2.42. The Labute approximate surface area is 260 Å². The highest BCUT2D eigenvalue weighted by molar-refractivity contribution is 6.36. The Morgan fingerprint density at radius 1 is 1.16 bits per heavy atom. The van der Waals surface area contributed by atoms with E-state index in [1.54, 1.807) is 18.2 Å². The molecule has 2 aliphatic heterocycles. The molecule has 43 heavy (non-hydrogen) atoms. The normalized spacial score (nSPS) is 19.8. The van der Waals surface area contributed by atoms with Crippen molar-refractivity contribution in [3.05, 3.63) is 76.5 Å². The molecule has 1 saturated heterocycles. The molecule has 1 aromatic heterocycles. The molecule has 0 aliphatic carbocycles. The van der Waals surface area contributed by atoms with Crippen LogP contribution >= 0.6 is 11.6 Å². The number of hydrogen-bond acceptors (Lipinski definition) is 8. The zero-order chi connectivity index (χ0) is 31.2. The molecule has 3 heterocycles. The number of rotatable bonds is 9. The molecule has 3 aromatic rings. The number of nitrogens with one attached hydrogen (secondary N) is 4. The van der Waals surface area contributed by atoms with Crippen molar-refractivity contribution in [3.8, 4) is 6.07 Å². The lowest BCUT2D eigenvalue weighted by atomic mass is 9.69. The number of hydrazine groups is 2. The van der Waals surface area contributed by atoms with Crippen LogP contribution in [0.4, 0.5) is 15.8 Å². The Bertz CT molecular complexity index is 1570. The highest BCUT2D eigenvalue weighted by atomic mass is 35.5. The van der Waals surface area contributed by atoms with Gasteiger partial charge in [0, 0.05) is 54.7 Å². The van der Waals surface area contributed by atoms with Crippen molar-refractivity contribution in [2.75, 3.05) is 30.3 Å². The van der Waals surface area contributed by atoms with E-state index in [1.807, 2.05) is 17.3 Å². The van der Waals surface area contributed by atoms with E-state index in [0.717, 1.165) is 19.5 Å². The Balaban J connectivity index is 1.48. The monoisotopic (exact) mass is 600 g/mol. The fourth-order valence-corrected chi connectivity index (χ4v) is 5.67. The molecule has 1 fully saturated rings. The molecule has 4 N–H and O–H groups in total. The molecule has 2 aromatic carbocycles. The van der Waals surface area contributed by atoms with Crippen molar-refractivity contribution in [3.63, 3.8) is 0 Å². The molecule has 3 atom stereocenters. The Morgan fingerprint density at radius 2 is 1.88 bits per heavy atom. The maximum absolute atomic E-state index is 14.0. The third kappa shape index (κ3) is 6.85. The molecule has 0 amide bonds. The van der Waals surface area contributed by atoms with Crippen LogP contribution in [0.1, 0.15) is 59.1 Å². The van der Waals surface area contributed by atoms with Crippen LogP contribution in [0.25, 0.3) is 10.9 Å². The van der Waals surface area contributed by atoms with Crippen LogP contribution < -0.4 is 21.6 Å². The van der Waals surface area contributed by atoms with Gasteiger partial charge in [0.15, 0.2) is 0 Å². The van der Waals surface area contributed by atoms with Gasteiger partial charge in [0.25, 0.3) is 0 Å². The molecule has 5 rings (SSSR count). The van der Waals surface area contributed by atoms with Crippen molar-refractivity contribution in [1.82, 2.24) is 25.9 Å². The Hall–Kier alpha value is -3.52. The summed E-state index contributed by atoms with van der Waals surface area (Å²) < 4.78 is 14.0. The standard InChI is InChI=1S/C32H39BClFN8/c1-30(2,3)19-38-28-20(15-36)16-37-29-25(28)13-23(14-26(29)34)39-32(33,21-7-9-22(35)10-8-21)27-18-42(41-40-27)12-11-24-17-43(24)31(4,5)6/h7-10,13-14,16,18,24,39-41H,11-12,17,19H2,1-6H3,(H,37,38)/t24?,32-,43?/m0/s1. The van der Waals surface area contributed by atoms with Crippen LogP contribution in [-0.2, 0) is 5.44 Å². The number of nitriles is 1. The fourth-order valence-electron chi connectivity index (χ4n) is 5.41. The zero-order valence-electron chi connectivity index (χ0n) is 25.6. The van der Waals surface area contributed by atoms with E-state index < -0.39 is 5.44 Å². The first-order valence-electron chi connectivity index (χ1n) is 14.5. The van der Waals surface area contributed by atoms with Crippen LogP contribution in [-0.4, -0.2) is 54.0 Å². The van der Waals surface area contributed by atoms with Crippen LogP contribution in [0.2, 0.25) is 5.02 Å². The van der Waals surface area contributed by atoms with Gasteiger partial charge >= 0.3 is 0 Å². The predicted octanol–water partition coefficient (Wildman–Crippen LogP) is 5.83. The predicted molar refractivity (Wildman–Crippen MR) is 173 cm³/mol. The summed E-state index contributed by atoms with van der Waals surface area (Å²) in [7, 11) is 7.15. The number of pyridine rings is 1. The Kier molecular flexibility index (Phi) is 8.29. The Morgan fingerprint density at radius 3 is 2.51 bits per heavy atom. The van der Waals surface area contributed by atoms with Gasteiger partial charge in [-0.25, -0.2) is 4.39 Å². The van der Waals surface area contributed by atoms with Gasteiger partial charge in [-0.15, -0.1) is 5.53 Å². The maximum Gasteiger partial charge on any atom is 0.123 e. The number of aromatic nitrogens is 1. The average molecular weight is 601 g/mol. The second-order valence-electron chi connectivity index (χ2n) is 13.6. The van der Waals surface area contributed by atoms with Gasteiger partial charge in [-0.1, -0.05) is 44.5 Å². The number of nitrogens with zero attached hydrogens (tertiary/aromatic N) is 4. The van der Waals surface area contributed by atoms with E-state index in [9.17, 15) is 9.65 Å². The van der Waals surface area contributed by atoms with Gasteiger partial charge in [-0.05, 0) is 62.4 Å². The fraction of sp³-hybridized carbons (Fsp3) is 0.438. The molecule has 2 aliphatic rings. The van der Waals surface area contributed by atoms with Crippen LogP contribution in [0, 0.1) is 22.6 Å². The van der Waals surface area contributed by atoms with E-state index in [0.29, 0.717) is 56.7 Å². The van der Waals surface area contributed by atoms with Crippen LogP contribution in [0.5, 0.6) is 0 Å². The van der Waals surface area contributed by atoms with Gasteiger partial charge in [0.2, 0.25) is 0 Å². The van der Waals surface area contributed by atoms with Gasteiger partial charge < -0.3 is 16.1 Å². The minimum atomic E-state index is -1.29. The molecule has 224 valence electrons. The largest absolute Gasteiger partial charge is 0.383 e. The van der Waals surface area contributed by atoms with Crippen molar-refractivity contribution in [2.24, 2.45) is 5.41 Å². The third-order valence-electron chi connectivity index (χ3n) is 7.81. The molecule has 0 saturated carbocycles. The van der Waals surface area contributed by atoms with E-state index in [1.165, 1.54) is 18.3 Å². The minimum Gasteiger partial charge on any atom is -0.383 e. The first kappa shape index (κ1) is 30.9. The summed E-state index contributed by atoms with van der Waals surface area (Å²) in [4.78, 5) is 6.95. The molecule has 2 radical (unpaired) electrons. The number of hydrogen-bond donors (Lipinski definition) is 4. The smallest absolute Gasteiger partial charge is 0.123 e. The van der Waals surface area contributed by atoms with E-state index >= 15 is 0 Å². The highest BCUT2D eigenvalue weighted by Crippen LogP contribution is 2.38. The summed E-state index contributed by atoms with van der Waals surface area (Å²) in [5, 5.41) is 19.8. The summed E-state index contributed by atoms with van der Waals surface area (Å²) in [6.45, 7) is 15.6. The number of anilines is 2. The quantitative estimate of drug-likeness (QED) is 0.180. The molecular weight excluding hydrogens is 562 g/mol. The van der Waals surface area contributed by atoms with Gasteiger partial charge in [0.1, 0.15) is 19.7 Å². The zero-order valence-corrected chi connectivity index (χ0v) is 26.4. The lowest BCUT2D eigenvalue weighted by Crippen LogP contribution is -2.45. The van der Waals surface area contributed by atoms with Crippen molar-refractivity contribution in [1.29, 1.82) is 5.26 Å². The average Bonchev–Trinajstić information content (AvgIpc) is 3.58. The third-order valence-corrected chi connectivity index (χ3v) is 8.09. The molecule has 8 nitrogen and oxygen atoms in total. The van der Waals surface area contributed by atoms with Crippen LogP contribution in [0.3, 0.4) is 0 Å². The summed E-state index contributed by atoms with van der Waals surface area (Å²) >= 11 is 6.76. The lowest BCUT2D eigenvalue weighted by molar-refractivity contribution is 0.241. The van der Waals surface area contributed by atoms with Gasteiger partial charge in [-0.2, -0.15) is 5.26 Å². The SMILES string of the molecule is [B][C@@](Nc1cc(Cl)c2ncc(C#N)c(NCC(C)(C)C)c2c1)(C1=CN(CCC2CN2C(C)(C)C)NN1)c1ccc(F)cc1. The molecule has 0 bridgehead atoms. The van der Waals surface area contributed by atoms with Crippen molar-refractivity contribution in [2.45, 2.75) is 65.0 Å². The van der Waals surface area contributed by atoms with E-state index in [4.69, 9.17) is 19.4 Å². The van der Waals surface area contributed by atoms with Crippen molar-refractivity contribution < 1.29 is 4.39 Å². The number of fused-ring (bicyclic) bond motifs is 1. The van der Waals surface area contributed by atoms with Gasteiger partial charge in [0.05, 0.1) is 32.9 Å². The molecule has 11 heteroatoms. The minimum absolute atomic E-state index is 0.0268. The second-order valence-corrected chi connectivity index (χ2v) is 14.0. The summed E-state index contributed by atoms with van der Waals surface area (Å²) in [5.74, 6) is -0.356. The first-order chi connectivity index (χ1) is 20.2. The van der Waals surface area contributed by atoms with Gasteiger partial charge in [-0.3, -0.25) is 14.9 Å². The van der Waals surface area contributed by atoms with E-state index in [2.05, 4.69) is 79.1 Å². The maximum atomic E-state index is 14.0. The molecule has 0 spiro atoms. The van der Waals surface area contributed by atoms with Crippen LogP contribution in [0.15, 0.2) is 54.5 Å². The lowest BCUT2D eigenvalue weighted by Gasteiger charge is -2.34. The second kappa shape index (κ2) is 11.5. The molecule has 2 unspecified atom stereocenters. The van der Waals surface area contributed by atoms with Crippen molar-refractivity contribution >= 4 is 41.7 Å². The summed E-state index contributed by atoms with van der Waals surface area (Å²) in [5.41, 5.74) is 8.83.